The van der Waals surface area contributed by atoms with Crippen molar-refractivity contribution in [3.05, 3.63) is 53.8 Å². The predicted molar refractivity (Wildman–Crippen MR) is 102 cm³/mol. The van der Waals surface area contributed by atoms with E-state index in [4.69, 9.17) is 9.47 Å². The highest BCUT2D eigenvalue weighted by atomic mass is 32.1. The number of rotatable bonds is 7. The lowest BCUT2D eigenvalue weighted by Gasteiger charge is -2.10. The van der Waals surface area contributed by atoms with Crippen LogP contribution in [0.5, 0.6) is 11.5 Å². The van der Waals surface area contributed by atoms with Crippen LogP contribution < -0.4 is 14.8 Å². The molecule has 27 heavy (non-hydrogen) atoms. The maximum atomic E-state index is 13.0. The largest absolute Gasteiger partial charge is 0.493 e. The number of nitrogens with one attached hydrogen (secondary N) is 1. The minimum absolute atomic E-state index is 0.340. The number of hydrogen-bond acceptors (Lipinski definition) is 6. The fourth-order valence-corrected chi connectivity index (χ4v) is 2.88. The number of nitrogens with zero attached hydrogens (tertiary/aromatic N) is 2. The Morgan fingerprint density at radius 1 is 1.19 bits per heavy atom. The van der Waals surface area contributed by atoms with Gasteiger partial charge in [-0.25, -0.2) is 4.39 Å². The van der Waals surface area contributed by atoms with Crippen molar-refractivity contribution in [1.29, 1.82) is 0 Å². The van der Waals surface area contributed by atoms with E-state index < -0.39 is 5.82 Å². The number of carbonyl (C=O) groups excluding carboxylic acids is 1. The van der Waals surface area contributed by atoms with Crippen LogP contribution in [0.15, 0.2) is 42.5 Å². The van der Waals surface area contributed by atoms with Gasteiger partial charge in [0, 0.05) is 22.7 Å². The van der Waals surface area contributed by atoms with Crippen molar-refractivity contribution in [2.24, 2.45) is 0 Å². The summed E-state index contributed by atoms with van der Waals surface area (Å²) in [5.74, 6) is 0.939. The van der Waals surface area contributed by atoms with Crippen molar-refractivity contribution in [1.82, 2.24) is 9.36 Å². The molecule has 0 saturated carbocycles. The third-order valence-corrected chi connectivity index (χ3v) is 4.27. The van der Waals surface area contributed by atoms with Gasteiger partial charge in [0.2, 0.25) is 5.13 Å². The Labute approximate surface area is 160 Å². The summed E-state index contributed by atoms with van der Waals surface area (Å²) < 4.78 is 28.2. The number of amides is 1. The van der Waals surface area contributed by atoms with E-state index in [-0.39, 0.29) is 5.91 Å². The summed E-state index contributed by atoms with van der Waals surface area (Å²) in [7, 11) is 1.57. The lowest BCUT2D eigenvalue weighted by molar-refractivity contribution is 0.102. The van der Waals surface area contributed by atoms with Crippen molar-refractivity contribution < 1.29 is 18.7 Å². The lowest BCUT2D eigenvalue weighted by Crippen LogP contribution is -2.11. The molecule has 0 atom stereocenters. The number of carbonyl (C=O) groups is 1. The Morgan fingerprint density at radius 3 is 2.67 bits per heavy atom. The first kappa shape index (κ1) is 18.8. The van der Waals surface area contributed by atoms with E-state index >= 15 is 0 Å². The Morgan fingerprint density at radius 2 is 1.96 bits per heavy atom. The topological polar surface area (TPSA) is 73.3 Å². The van der Waals surface area contributed by atoms with Gasteiger partial charge < -0.3 is 9.47 Å². The maximum absolute atomic E-state index is 13.0. The van der Waals surface area contributed by atoms with Crippen LogP contribution in [0.25, 0.3) is 11.4 Å². The molecule has 0 saturated heterocycles. The maximum Gasteiger partial charge on any atom is 0.257 e. The van der Waals surface area contributed by atoms with Crippen LogP contribution in [0.3, 0.4) is 0 Å². The van der Waals surface area contributed by atoms with E-state index in [0.29, 0.717) is 34.6 Å². The zero-order valence-electron chi connectivity index (χ0n) is 14.9. The molecule has 1 N–H and O–H groups in total. The summed E-state index contributed by atoms with van der Waals surface area (Å²) in [6.07, 6.45) is 0.898. The van der Waals surface area contributed by atoms with Crippen molar-refractivity contribution in [3.63, 3.8) is 0 Å². The zero-order chi connectivity index (χ0) is 19.2. The first-order valence-electron chi connectivity index (χ1n) is 8.32. The molecule has 0 radical (unpaired) electrons. The molecule has 3 aromatic rings. The van der Waals surface area contributed by atoms with Crippen LogP contribution in [0.1, 0.15) is 23.7 Å². The highest BCUT2D eigenvalue weighted by Crippen LogP contribution is 2.32. The van der Waals surface area contributed by atoms with E-state index in [1.54, 1.807) is 13.2 Å². The van der Waals surface area contributed by atoms with Crippen molar-refractivity contribution in [2.75, 3.05) is 19.0 Å². The van der Waals surface area contributed by atoms with Crippen LogP contribution >= 0.6 is 11.5 Å². The Bertz CT molecular complexity index is 928. The number of hydrogen-bond donors (Lipinski definition) is 1. The fraction of sp³-hybridized carbons (Fsp3) is 0.211. The molecule has 0 spiro atoms. The quantitative estimate of drug-likeness (QED) is 0.651. The Kier molecular flexibility index (Phi) is 5.97. The molecule has 0 unspecified atom stereocenters. The number of halogens is 1. The van der Waals surface area contributed by atoms with Gasteiger partial charge in [-0.3, -0.25) is 10.1 Å². The highest BCUT2D eigenvalue weighted by Gasteiger charge is 2.13. The molecule has 8 heteroatoms. The number of benzene rings is 2. The number of methoxy groups -OCH3 is 1. The Hall–Kier alpha value is -3.00. The van der Waals surface area contributed by atoms with Gasteiger partial charge in [-0.15, -0.1) is 0 Å². The summed E-state index contributed by atoms with van der Waals surface area (Å²) >= 11 is 1.06. The van der Waals surface area contributed by atoms with Gasteiger partial charge in [0.15, 0.2) is 17.3 Å². The van der Waals surface area contributed by atoms with E-state index in [2.05, 4.69) is 14.7 Å². The first-order valence-corrected chi connectivity index (χ1v) is 9.10. The average Bonchev–Trinajstić information content (AvgIpc) is 3.15. The van der Waals surface area contributed by atoms with E-state index in [1.807, 2.05) is 19.1 Å². The molecular weight excluding hydrogens is 369 g/mol. The molecule has 140 valence electrons. The van der Waals surface area contributed by atoms with E-state index in [0.717, 1.165) is 23.5 Å². The van der Waals surface area contributed by atoms with Crippen molar-refractivity contribution in [2.45, 2.75) is 13.3 Å². The van der Waals surface area contributed by atoms with E-state index in [1.165, 1.54) is 24.3 Å². The minimum atomic E-state index is -0.398. The van der Waals surface area contributed by atoms with Crippen molar-refractivity contribution in [3.8, 4) is 22.9 Å². The molecule has 0 bridgehead atoms. The second-order valence-electron chi connectivity index (χ2n) is 5.60. The fourth-order valence-electron chi connectivity index (χ4n) is 2.30. The molecule has 1 aromatic heterocycles. The molecule has 0 fully saturated rings. The van der Waals surface area contributed by atoms with Gasteiger partial charge in [-0.05, 0) is 48.9 Å². The van der Waals surface area contributed by atoms with Gasteiger partial charge in [-0.1, -0.05) is 6.92 Å². The summed E-state index contributed by atoms with van der Waals surface area (Å²) in [5.41, 5.74) is 1.08. The molecule has 0 aliphatic carbocycles. The molecule has 3 rings (SSSR count). The average molecular weight is 387 g/mol. The zero-order valence-corrected chi connectivity index (χ0v) is 15.7. The highest BCUT2D eigenvalue weighted by molar-refractivity contribution is 7.10. The second-order valence-corrected chi connectivity index (χ2v) is 6.35. The molecule has 1 heterocycles. The van der Waals surface area contributed by atoms with Crippen LogP contribution in [-0.4, -0.2) is 29.0 Å². The molecule has 0 aliphatic rings. The third kappa shape index (κ3) is 4.59. The predicted octanol–water partition coefficient (Wildman–Crippen LogP) is 4.39. The first-order chi connectivity index (χ1) is 13.1. The normalized spacial score (nSPS) is 10.5. The van der Waals surface area contributed by atoms with Crippen LogP contribution in [0.4, 0.5) is 9.52 Å². The molecule has 0 aliphatic heterocycles. The number of ether oxygens (including phenoxy) is 2. The SMILES string of the molecule is CCCOc1ccc(-c2nsc(NC(=O)c3ccc(F)cc3)n2)cc1OC. The number of anilines is 1. The van der Waals surface area contributed by atoms with Crippen LogP contribution in [0.2, 0.25) is 0 Å². The summed E-state index contributed by atoms with van der Waals surface area (Å²) in [4.78, 5) is 16.5. The van der Waals surface area contributed by atoms with Gasteiger partial charge in [0.05, 0.1) is 13.7 Å². The second kappa shape index (κ2) is 8.59. The standard InChI is InChI=1S/C19H18FN3O3S/c1-3-10-26-15-9-6-13(11-16(15)25-2)17-21-19(27-23-17)22-18(24)12-4-7-14(20)8-5-12/h4-9,11H,3,10H2,1-2H3,(H,21,22,23,24). The smallest absolute Gasteiger partial charge is 0.257 e. The van der Waals surface area contributed by atoms with Crippen molar-refractivity contribution >= 4 is 22.6 Å². The minimum Gasteiger partial charge on any atom is -0.493 e. The molecular formula is C19H18FN3O3S. The van der Waals surface area contributed by atoms with Crippen LogP contribution in [-0.2, 0) is 0 Å². The van der Waals surface area contributed by atoms with Gasteiger partial charge in [-0.2, -0.15) is 9.36 Å². The lowest BCUT2D eigenvalue weighted by atomic mass is 10.2. The molecule has 2 aromatic carbocycles. The summed E-state index contributed by atoms with van der Waals surface area (Å²) in [5, 5.41) is 3.01. The Balaban J connectivity index is 1.75. The van der Waals surface area contributed by atoms with Gasteiger partial charge in [0.1, 0.15) is 5.82 Å². The third-order valence-electron chi connectivity index (χ3n) is 3.64. The van der Waals surface area contributed by atoms with Gasteiger partial charge in [0.25, 0.3) is 5.91 Å². The summed E-state index contributed by atoms with van der Waals surface area (Å²) in [6.45, 7) is 2.63. The molecule has 6 nitrogen and oxygen atoms in total. The summed E-state index contributed by atoms with van der Waals surface area (Å²) in [6, 6.07) is 10.7. The molecule has 1 amide bonds. The van der Waals surface area contributed by atoms with E-state index in [9.17, 15) is 9.18 Å². The van der Waals surface area contributed by atoms with Crippen LogP contribution in [0, 0.1) is 5.82 Å². The monoisotopic (exact) mass is 387 g/mol. The van der Waals surface area contributed by atoms with Gasteiger partial charge >= 0.3 is 0 Å². The number of aromatic nitrogens is 2.